The summed E-state index contributed by atoms with van der Waals surface area (Å²) >= 11 is 1.83. The van der Waals surface area contributed by atoms with Gasteiger partial charge in [0, 0.05) is 29.0 Å². The van der Waals surface area contributed by atoms with Gasteiger partial charge in [-0.05, 0) is 23.1 Å². The number of rotatable bonds is 3. The zero-order valence-corrected chi connectivity index (χ0v) is 13.0. The monoisotopic (exact) mass is 287 g/mol. The van der Waals surface area contributed by atoms with Crippen molar-refractivity contribution in [2.45, 2.75) is 19.8 Å². The van der Waals surface area contributed by atoms with Crippen LogP contribution in [0.3, 0.4) is 0 Å². The molecule has 2 heterocycles. The van der Waals surface area contributed by atoms with Crippen LogP contribution in [0, 0.1) is 0 Å². The molecule has 1 aromatic heterocycles. The van der Waals surface area contributed by atoms with Gasteiger partial charge < -0.3 is 9.64 Å². The lowest BCUT2D eigenvalue weighted by Crippen LogP contribution is -2.35. The Kier molecular flexibility index (Phi) is 4.08. The van der Waals surface area contributed by atoms with Crippen molar-refractivity contribution in [2.24, 2.45) is 0 Å². The number of nitrogens with zero attached hydrogens (tertiary/aromatic N) is 1. The van der Waals surface area contributed by atoms with E-state index in [0.29, 0.717) is 5.92 Å². The van der Waals surface area contributed by atoms with Gasteiger partial charge in [-0.1, -0.05) is 38.1 Å². The van der Waals surface area contributed by atoms with Crippen LogP contribution in [0.15, 0.2) is 35.7 Å². The van der Waals surface area contributed by atoms with Crippen molar-refractivity contribution in [2.75, 3.05) is 31.2 Å². The molecule has 0 saturated carbocycles. The summed E-state index contributed by atoms with van der Waals surface area (Å²) in [6, 6.07) is 11.3. The van der Waals surface area contributed by atoms with E-state index >= 15 is 0 Å². The second-order valence-electron chi connectivity index (χ2n) is 5.55. The average molecular weight is 287 g/mol. The van der Waals surface area contributed by atoms with Crippen LogP contribution in [-0.2, 0) is 4.74 Å². The minimum Gasteiger partial charge on any atom is -0.378 e. The first kappa shape index (κ1) is 13.7. The second kappa shape index (κ2) is 5.98. The Balaban J connectivity index is 1.78. The summed E-state index contributed by atoms with van der Waals surface area (Å²) in [6.45, 7) is 8.15. The Morgan fingerprint density at radius 3 is 2.45 bits per heavy atom. The number of hydrogen-bond donors (Lipinski definition) is 0. The summed E-state index contributed by atoms with van der Waals surface area (Å²) < 4.78 is 5.41. The standard InChI is InChI=1S/C17H21NOS/c1-13(2)14-3-5-15(6-4-14)17-11-16(12-20-17)18-7-9-19-10-8-18/h3-6,11-13H,7-10H2,1-2H3. The largest absolute Gasteiger partial charge is 0.378 e. The van der Waals surface area contributed by atoms with Gasteiger partial charge in [0.2, 0.25) is 0 Å². The van der Waals surface area contributed by atoms with Gasteiger partial charge in [-0.2, -0.15) is 0 Å². The molecule has 2 nitrogen and oxygen atoms in total. The van der Waals surface area contributed by atoms with E-state index in [1.807, 2.05) is 11.3 Å². The smallest absolute Gasteiger partial charge is 0.0642 e. The van der Waals surface area contributed by atoms with E-state index < -0.39 is 0 Å². The van der Waals surface area contributed by atoms with E-state index in [1.54, 1.807) is 0 Å². The molecule has 0 radical (unpaired) electrons. The molecule has 1 aromatic carbocycles. The fourth-order valence-electron chi connectivity index (χ4n) is 2.50. The first-order valence-corrected chi connectivity index (χ1v) is 8.13. The molecule has 0 spiro atoms. The summed E-state index contributed by atoms with van der Waals surface area (Å²) in [5.74, 6) is 0.594. The molecule has 1 aliphatic rings. The number of benzene rings is 1. The molecule has 1 fully saturated rings. The molecule has 0 amide bonds. The summed E-state index contributed by atoms with van der Waals surface area (Å²) in [6.07, 6.45) is 0. The predicted octanol–water partition coefficient (Wildman–Crippen LogP) is 4.38. The van der Waals surface area contributed by atoms with Crippen LogP contribution in [0.5, 0.6) is 0 Å². The van der Waals surface area contributed by atoms with Crippen LogP contribution in [0.2, 0.25) is 0 Å². The van der Waals surface area contributed by atoms with Gasteiger partial charge in [0.25, 0.3) is 0 Å². The summed E-state index contributed by atoms with van der Waals surface area (Å²) in [5, 5.41) is 2.26. The molecule has 106 valence electrons. The molecule has 0 bridgehead atoms. The molecule has 2 aromatic rings. The van der Waals surface area contributed by atoms with Gasteiger partial charge >= 0.3 is 0 Å². The topological polar surface area (TPSA) is 12.5 Å². The molecule has 0 atom stereocenters. The highest BCUT2D eigenvalue weighted by Crippen LogP contribution is 2.32. The van der Waals surface area contributed by atoms with Gasteiger partial charge in [0.15, 0.2) is 0 Å². The van der Waals surface area contributed by atoms with Crippen molar-refractivity contribution < 1.29 is 4.74 Å². The Labute approximate surface area is 125 Å². The highest BCUT2D eigenvalue weighted by Gasteiger charge is 2.13. The molecular formula is C17H21NOS. The molecule has 3 rings (SSSR count). The van der Waals surface area contributed by atoms with Crippen molar-refractivity contribution >= 4 is 17.0 Å². The molecule has 0 N–H and O–H groups in total. The van der Waals surface area contributed by atoms with Crippen molar-refractivity contribution in [3.05, 3.63) is 41.3 Å². The zero-order valence-electron chi connectivity index (χ0n) is 12.1. The molecular weight excluding hydrogens is 266 g/mol. The lowest BCUT2D eigenvalue weighted by atomic mass is 10.0. The first-order valence-electron chi connectivity index (χ1n) is 7.25. The fraction of sp³-hybridized carbons (Fsp3) is 0.412. The quantitative estimate of drug-likeness (QED) is 0.831. The highest BCUT2D eigenvalue weighted by atomic mass is 32.1. The van der Waals surface area contributed by atoms with E-state index in [9.17, 15) is 0 Å². The van der Waals surface area contributed by atoms with Gasteiger partial charge in [-0.15, -0.1) is 11.3 Å². The molecule has 3 heteroatoms. The van der Waals surface area contributed by atoms with Gasteiger partial charge in [-0.25, -0.2) is 0 Å². The highest BCUT2D eigenvalue weighted by molar-refractivity contribution is 7.14. The van der Waals surface area contributed by atoms with Crippen molar-refractivity contribution in [3.8, 4) is 10.4 Å². The third-order valence-electron chi connectivity index (χ3n) is 3.82. The maximum atomic E-state index is 5.41. The lowest BCUT2D eigenvalue weighted by molar-refractivity contribution is 0.123. The average Bonchev–Trinajstić information content (AvgIpc) is 2.98. The fourth-order valence-corrected chi connectivity index (χ4v) is 3.42. The minimum absolute atomic E-state index is 0.594. The number of anilines is 1. The Morgan fingerprint density at radius 2 is 1.80 bits per heavy atom. The van der Waals surface area contributed by atoms with E-state index in [1.165, 1.54) is 21.7 Å². The van der Waals surface area contributed by atoms with E-state index in [0.717, 1.165) is 26.3 Å². The number of thiophene rings is 1. The summed E-state index contributed by atoms with van der Waals surface area (Å²) in [5.41, 5.74) is 4.05. The van der Waals surface area contributed by atoms with Crippen molar-refractivity contribution in [1.29, 1.82) is 0 Å². The first-order chi connectivity index (χ1) is 9.74. The maximum absolute atomic E-state index is 5.41. The Hall–Kier alpha value is -1.32. The number of morpholine rings is 1. The Morgan fingerprint density at radius 1 is 1.10 bits per heavy atom. The summed E-state index contributed by atoms with van der Waals surface area (Å²) in [4.78, 5) is 3.76. The molecule has 0 unspecified atom stereocenters. The molecule has 1 saturated heterocycles. The number of ether oxygens (including phenoxy) is 1. The third-order valence-corrected chi connectivity index (χ3v) is 4.79. The van der Waals surface area contributed by atoms with Crippen LogP contribution in [0.4, 0.5) is 5.69 Å². The van der Waals surface area contributed by atoms with Gasteiger partial charge in [0.05, 0.1) is 13.2 Å². The van der Waals surface area contributed by atoms with E-state index in [2.05, 4.69) is 54.5 Å². The molecule has 20 heavy (non-hydrogen) atoms. The zero-order chi connectivity index (χ0) is 13.9. The van der Waals surface area contributed by atoms with Crippen LogP contribution in [-0.4, -0.2) is 26.3 Å². The van der Waals surface area contributed by atoms with E-state index in [-0.39, 0.29) is 0 Å². The van der Waals surface area contributed by atoms with E-state index in [4.69, 9.17) is 4.74 Å². The van der Waals surface area contributed by atoms with Crippen LogP contribution >= 0.6 is 11.3 Å². The lowest BCUT2D eigenvalue weighted by Gasteiger charge is -2.27. The van der Waals surface area contributed by atoms with Crippen LogP contribution < -0.4 is 4.90 Å². The summed E-state index contributed by atoms with van der Waals surface area (Å²) in [7, 11) is 0. The Bertz CT molecular complexity index is 553. The van der Waals surface area contributed by atoms with Crippen molar-refractivity contribution in [3.63, 3.8) is 0 Å². The maximum Gasteiger partial charge on any atom is 0.0642 e. The predicted molar refractivity (Wildman–Crippen MR) is 86.9 cm³/mol. The van der Waals surface area contributed by atoms with Crippen LogP contribution in [0.25, 0.3) is 10.4 Å². The van der Waals surface area contributed by atoms with Gasteiger partial charge in [0.1, 0.15) is 0 Å². The molecule has 0 aliphatic carbocycles. The van der Waals surface area contributed by atoms with Crippen LogP contribution in [0.1, 0.15) is 25.3 Å². The normalized spacial score (nSPS) is 15.8. The number of hydrogen-bond acceptors (Lipinski definition) is 3. The minimum atomic E-state index is 0.594. The van der Waals surface area contributed by atoms with Gasteiger partial charge in [-0.3, -0.25) is 0 Å². The SMILES string of the molecule is CC(C)c1ccc(-c2cc(N3CCOCC3)cs2)cc1. The second-order valence-corrected chi connectivity index (χ2v) is 6.46. The third kappa shape index (κ3) is 2.89. The molecule has 1 aliphatic heterocycles. The van der Waals surface area contributed by atoms with Crippen molar-refractivity contribution in [1.82, 2.24) is 0 Å².